The van der Waals surface area contributed by atoms with Crippen LogP contribution in [0.25, 0.3) is 10.2 Å². The van der Waals surface area contributed by atoms with Crippen LogP contribution in [0.5, 0.6) is 0 Å². The second-order valence-corrected chi connectivity index (χ2v) is 10.1. The van der Waals surface area contributed by atoms with Crippen LogP contribution in [0.4, 0.5) is 0 Å². The lowest BCUT2D eigenvalue weighted by Crippen LogP contribution is -2.42. The molecule has 2 aromatic rings. The van der Waals surface area contributed by atoms with Gasteiger partial charge in [-0.05, 0) is 74.7 Å². The summed E-state index contributed by atoms with van der Waals surface area (Å²) in [5.74, 6) is 0.329. The van der Waals surface area contributed by atoms with Crippen LogP contribution >= 0.6 is 11.3 Å². The van der Waals surface area contributed by atoms with Gasteiger partial charge in [-0.25, -0.2) is 0 Å². The van der Waals surface area contributed by atoms with Crippen molar-refractivity contribution >= 4 is 27.5 Å². The minimum Gasteiger partial charge on any atom is -0.343 e. The minimum atomic E-state index is 0.106. The Bertz CT molecular complexity index is 884. The van der Waals surface area contributed by atoms with Crippen molar-refractivity contribution in [1.29, 1.82) is 0 Å². The fraction of sp³-hybridized carbons (Fsp3) is 0.652. The van der Waals surface area contributed by atoms with E-state index in [0.29, 0.717) is 12.3 Å². The monoisotopic (exact) mass is 417 g/mol. The average molecular weight is 418 g/mol. The highest BCUT2D eigenvalue weighted by Gasteiger charge is 2.30. The highest BCUT2D eigenvalue weighted by molar-refractivity contribution is 7.16. The number of unbranched alkanes of at least 4 members (excludes halogenated alkanes) is 2. The summed E-state index contributed by atoms with van der Waals surface area (Å²) in [4.78, 5) is 26.0. The lowest BCUT2D eigenvalue weighted by molar-refractivity contribution is -0.137. The van der Waals surface area contributed by atoms with Crippen molar-refractivity contribution in [3.63, 3.8) is 0 Å². The Hall–Kier alpha value is -1.66. The van der Waals surface area contributed by atoms with E-state index in [1.54, 1.807) is 4.57 Å². The third-order valence-corrected chi connectivity index (χ3v) is 6.99. The number of carbonyl (C=O) groups is 1. The zero-order chi connectivity index (χ0) is 20.9. The first-order valence-corrected chi connectivity index (χ1v) is 11.7. The number of rotatable bonds is 10. The molecule has 2 heterocycles. The third kappa shape index (κ3) is 6.16. The summed E-state index contributed by atoms with van der Waals surface area (Å²) in [5.41, 5.74) is 2.52. The van der Waals surface area contributed by atoms with Crippen LogP contribution in [-0.2, 0) is 18.3 Å². The number of hydrogen-bond donors (Lipinski definition) is 1. The molecule has 1 N–H and O–H groups in total. The molecule has 6 heteroatoms. The number of thiazole rings is 1. The van der Waals surface area contributed by atoms with Crippen LogP contribution in [-0.4, -0.2) is 41.6 Å². The van der Waals surface area contributed by atoms with Crippen molar-refractivity contribution in [2.24, 2.45) is 12.5 Å². The lowest BCUT2D eigenvalue weighted by Gasteiger charge is -2.36. The molecule has 1 saturated heterocycles. The van der Waals surface area contributed by atoms with Gasteiger partial charge in [-0.2, -0.15) is 0 Å². The molecule has 160 valence electrons. The summed E-state index contributed by atoms with van der Waals surface area (Å²) in [7, 11) is 1.83. The number of aromatic nitrogens is 1. The molecule has 0 saturated carbocycles. The topological polar surface area (TPSA) is 54.3 Å². The molecule has 0 spiro atoms. The molecule has 1 aromatic heterocycles. The molecule has 0 atom stereocenters. The standard InChI is InChI=1S/C23H35N3O2S/c1-23(2)11-15-26(21(27)17-23)14-7-6-13-24-12-5-4-8-18-9-10-19-20(16-18)29-22(28)25(19)3/h9-10,16,24H,4-8,11-15,17H2,1-3H3. The first kappa shape index (κ1) is 22.0. The summed E-state index contributed by atoms with van der Waals surface area (Å²) in [5, 5.41) is 3.53. The summed E-state index contributed by atoms with van der Waals surface area (Å²) in [6.45, 7) is 8.27. The van der Waals surface area contributed by atoms with Gasteiger partial charge in [0.25, 0.3) is 0 Å². The molecule has 1 aromatic carbocycles. The van der Waals surface area contributed by atoms with Gasteiger partial charge in [0.15, 0.2) is 0 Å². The number of fused-ring (bicyclic) bond motifs is 1. The summed E-state index contributed by atoms with van der Waals surface area (Å²) in [6.07, 6.45) is 7.38. The van der Waals surface area contributed by atoms with Gasteiger partial charge in [-0.15, -0.1) is 0 Å². The summed E-state index contributed by atoms with van der Waals surface area (Å²) < 4.78 is 2.80. The molecule has 0 bridgehead atoms. The second-order valence-electron chi connectivity index (χ2n) is 9.12. The highest BCUT2D eigenvalue weighted by atomic mass is 32.1. The number of carbonyl (C=O) groups excluding carboxylic acids is 1. The molecular formula is C23H35N3O2S. The van der Waals surface area contributed by atoms with Crippen LogP contribution in [0.15, 0.2) is 23.0 Å². The zero-order valence-corrected chi connectivity index (χ0v) is 18.9. The number of likely N-dealkylation sites (tertiary alicyclic amines) is 1. The van der Waals surface area contributed by atoms with Crippen molar-refractivity contribution in [3.8, 4) is 0 Å². The van der Waals surface area contributed by atoms with Gasteiger partial charge >= 0.3 is 4.87 Å². The van der Waals surface area contributed by atoms with E-state index >= 15 is 0 Å². The van der Waals surface area contributed by atoms with E-state index in [1.165, 1.54) is 16.9 Å². The molecule has 3 rings (SSSR count). The Morgan fingerprint density at radius 2 is 1.86 bits per heavy atom. The van der Waals surface area contributed by atoms with Gasteiger partial charge < -0.3 is 14.8 Å². The van der Waals surface area contributed by atoms with Crippen molar-refractivity contribution < 1.29 is 4.79 Å². The molecule has 5 nitrogen and oxygen atoms in total. The zero-order valence-electron chi connectivity index (χ0n) is 18.1. The van der Waals surface area contributed by atoms with Gasteiger partial charge in [0.05, 0.1) is 10.2 Å². The van der Waals surface area contributed by atoms with Crippen LogP contribution in [0.2, 0.25) is 0 Å². The van der Waals surface area contributed by atoms with Gasteiger partial charge in [0.1, 0.15) is 0 Å². The van der Waals surface area contributed by atoms with Crippen molar-refractivity contribution in [2.45, 2.75) is 58.8 Å². The van der Waals surface area contributed by atoms with E-state index < -0.39 is 0 Å². The Labute approximate surface area is 178 Å². The maximum Gasteiger partial charge on any atom is 0.307 e. The molecule has 1 aliphatic rings. The summed E-state index contributed by atoms with van der Waals surface area (Å²) >= 11 is 1.33. The number of piperidine rings is 1. The third-order valence-electron chi connectivity index (χ3n) is 6.00. The van der Waals surface area contributed by atoms with Crippen molar-refractivity contribution in [1.82, 2.24) is 14.8 Å². The molecule has 0 aliphatic carbocycles. The quantitative estimate of drug-likeness (QED) is 0.596. The minimum absolute atomic E-state index is 0.106. The van der Waals surface area contributed by atoms with Gasteiger partial charge in [0, 0.05) is 26.6 Å². The fourth-order valence-electron chi connectivity index (χ4n) is 4.00. The van der Waals surface area contributed by atoms with Crippen molar-refractivity contribution in [3.05, 3.63) is 33.4 Å². The van der Waals surface area contributed by atoms with E-state index in [0.717, 1.165) is 74.9 Å². The van der Waals surface area contributed by atoms with Gasteiger partial charge in [-0.3, -0.25) is 9.59 Å². The van der Waals surface area contributed by atoms with Crippen LogP contribution in [0, 0.1) is 5.41 Å². The Kier molecular flexibility index (Phi) is 7.52. The van der Waals surface area contributed by atoms with Crippen LogP contribution in [0.3, 0.4) is 0 Å². The SMILES string of the molecule is Cn1c(=O)sc2cc(CCCCNCCCCN3CCC(C)(C)CC3=O)ccc21. The van der Waals surface area contributed by atoms with Crippen LogP contribution < -0.4 is 10.2 Å². The Balaban J connectivity index is 1.24. The molecule has 0 unspecified atom stereocenters. The highest BCUT2D eigenvalue weighted by Crippen LogP contribution is 2.30. The maximum atomic E-state index is 12.1. The van der Waals surface area contributed by atoms with Crippen molar-refractivity contribution in [2.75, 3.05) is 26.2 Å². The molecule has 1 amide bonds. The molecule has 29 heavy (non-hydrogen) atoms. The largest absolute Gasteiger partial charge is 0.343 e. The van der Waals surface area contributed by atoms with E-state index in [9.17, 15) is 9.59 Å². The predicted molar refractivity (Wildman–Crippen MR) is 122 cm³/mol. The molecular weight excluding hydrogens is 382 g/mol. The maximum absolute atomic E-state index is 12.1. The lowest BCUT2D eigenvalue weighted by atomic mass is 9.82. The predicted octanol–water partition coefficient (Wildman–Crippen LogP) is 3.94. The normalized spacial score (nSPS) is 16.7. The van der Waals surface area contributed by atoms with E-state index in [4.69, 9.17) is 0 Å². The second kappa shape index (κ2) is 9.90. The smallest absolute Gasteiger partial charge is 0.307 e. The van der Waals surface area contributed by atoms with E-state index in [2.05, 4.69) is 37.4 Å². The fourth-order valence-corrected chi connectivity index (χ4v) is 4.94. The average Bonchev–Trinajstić information content (AvgIpc) is 2.95. The molecule has 1 fully saturated rings. The first-order valence-electron chi connectivity index (χ1n) is 10.9. The van der Waals surface area contributed by atoms with E-state index in [-0.39, 0.29) is 10.3 Å². The number of benzene rings is 1. The van der Waals surface area contributed by atoms with Crippen LogP contribution in [0.1, 0.15) is 57.9 Å². The number of hydrogen-bond acceptors (Lipinski definition) is 4. The Morgan fingerprint density at radius 3 is 2.62 bits per heavy atom. The first-order chi connectivity index (χ1) is 13.9. The number of nitrogens with zero attached hydrogens (tertiary/aromatic N) is 2. The van der Waals surface area contributed by atoms with Gasteiger partial charge in [0.2, 0.25) is 5.91 Å². The van der Waals surface area contributed by atoms with Gasteiger partial charge in [-0.1, -0.05) is 31.3 Å². The van der Waals surface area contributed by atoms with E-state index in [1.807, 2.05) is 11.9 Å². The number of nitrogens with one attached hydrogen (secondary N) is 1. The molecule has 0 radical (unpaired) electrons. The number of amides is 1. The number of aryl methyl sites for hydroxylation is 2. The summed E-state index contributed by atoms with van der Waals surface area (Å²) in [6, 6.07) is 6.37. The Morgan fingerprint density at radius 1 is 1.10 bits per heavy atom. The molecule has 1 aliphatic heterocycles.